The van der Waals surface area contributed by atoms with Gasteiger partial charge in [-0.05, 0) is 86.8 Å². The van der Waals surface area contributed by atoms with Crippen LogP contribution in [0.15, 0.2) is 36.5 Å². The number of pyridine rings is 1. The van der Waals surface area contributed by atoms with E-state index in [1.165, 1.54) is 29.3 Å². The molecule has 3 aromatic rings. The number of benzene rings is 1. The highest BCUT2D eigenvalue weighted by atomic mass is 32.1. The van der Waals surface area contributed by atoms with E-state index in [-0.39, 0.29) is 46.4 Å². The van der Waals surface area contributed by atoms with Crippen LogP contribution in [0.3, 0.4) is 0 Å². The van der Waals surface area contributed by atoms with Crippen molar-refractivity contribution in [1.29, 1.82) is 0 Å². The van der Waals surface area contributed by atoms with Crippen molar-refractivity contribution in [3.63, 3.8) is 0 Å². The second-order valence-corrected chi connectivity index (χ2v) is 13.1. The lowest BCUT2D eigenvalue weighted by Gasteiger charge is -2.29. The minimum absolute atomic E-state index is 0.0177. The number of alkyl halides is 2. The molecule has 0 spiro atoms. The number of ether oxygens (including phenoxy) is 2. The molecule has 2 aliphatic heterocycles. The van der Waals surface area contributed by atoms with Crippen LogP contribution >= 0.6 is 11.3 Å². The highest BCUT2D eigenvalue weighted by Gasteiger charge is 2.40. The van der Waals surface area contributed by atoms with E-state index in [9.17, 15) is 28.3 Å². The highest BCUT2D eigenvalue weighted by molar-refractivity contribution is 7.14. The summed E-state index contributed by atoms with van der Waals surface area (Å²) < 4.78 is 52.3. The molecular weight excluding hydrogens is 637 g/mol. The molecule has 1 saturated carbocycles. The second kappa shape index (κ2) is 14.4. The standard InChI is InChI=1S/C33H35F3N4O6S/c34-30-29(38-33(47-30)40(22-5-6-22)31(44)21(16-28(42)43)15-19-10-13-45-14-11-19)25-17-23(46-32(35)36)7-8-24(25)20-4-9-26(37-18-20)39-12-2-1-3-27(39)41/h4,7-9,17-19,21-22,32H,1-3,5-6,10-16H2,(H,42,43)/t21-/m1/s1. The van der Waals surface area contributed by atoms with Gasteiger partial charge in [0, 0.05) is 55.5 Å². The number of aliphatic carboxylic acids is 1. The first-order valence-electron chi connectivity index (χ1n) is 15.8. The summed E-state index contributed by atoms with van der Waals surface area (Å²) in [6.45, 7) is -1.45. The summed E-state index contributed by atoms with van der Waals surface area (Å²) in [5.41, 5.74) is 0.949. The van der Waals surface area contributed by atoms with Crippen LogP contribution in [0.1, 0.15) is 57.8 Å². The Morgan fingerprint density at radius 3 is 2.55 bits per heavy atom. The van der Waals surface area contributed by atoms with Crippen molar-refractivity contribution >= 4 is 40.1 Å². The fourth-order valence-electron chi connectivity index (χ4n) is 6.29. The zero-order valence-electron chi connectivity index (χ0n) is 25.6. The van der Waals surface area contributed by atoms with Gasteiger partial charge in [-0.25, -0.2) is 9.97 Å². The minimum atomic E-state index is -3.11. The van der Waals surface area contributed by atoms with Crippen molar-refractivity contribution in [1.82, 2.24) is 9.97 Å². The first-order valence-corrected chi connectivity index (χ1v) is 16.6. The first-order chi connectivity index (χ1) is 22.7. The molecule has 0 bridgehead atoms. The number of aromatic nitrogens is 2. The lowest BCUT2D eigenvalue weighted by atomic mass is 9.86. The van der Waals surface area contributed by atoms with Gasteiger partial charge in [-0.2, -0.15) is 13.2 Å². The highest BCUT2D eigenvalue weighted by Crippen LogP contribution is 2.43. The third-order valence-electron chi connectivity index (χ3n) is 8.79. The van der Waals surface area contributed by atoms with Crippen molar-refractivity contribution in [2.45, 2.75) is 70.4 Å². The number of thiazole rings is 1. The number of hydrogen-bond donors (Lipinski definition) is 1. The van der Waals surface area contributed by atoms with Crippen LogP contribution in [0, 0.1) is 17.0 Å². The predicted octanol–water partition coefficient (Wildman–Crippen LogP) is 6.53. The molecule has 0 radical (unpaired) electrons. The number of nitrogens with zero attached hydrogens (tertiary/aromatic N) is 4. The van der Waals surface area contributed by atoms with Gasteiger partial charge in [0.2, 0.25) is 16.9 Å². The van der Waals surface area contributed by atoms with E-state index in [1.54, 1.807) is 17.0 Å². The fourth-order valence-corrected chi connectivity index (χ4v) is 7.17. The van der Waals surface area contributed by atoms with Crippen molar-refractivity contribution in [3.05, 3.63) is 41.7 Å². The zero-order valence-corrected chi connectivity index (χ0v) is 26.4. The number of anilines is 2. The Morgan fingerprint density at radius 2 is 1.89 bits per heavy atom. The molecule has 47 heavy (non-hydrogen) atoms. The smallest absolute Gasteiger partial charge is 0.387 e. The van der Waals surface area contributed by atoms with Crippen molar-refractivity contribution in [2.24, 2.45) is 11.8 Å². The van der Waals surface area contributed by atoms with Crippen LogP contribution in [0.4, 0.5) is 24.1 Å². The molecule has 0 unspecified atom stereocenters. The van der Waals surface area contributed by atoms with Gasteiger partial charge in [-0.1, -0.05) is 11.3 Å². The van der Waals surface area contributed by atoms with E-state index in [1.807, 2.05) is 0 Å². The van der Waals surface area contributed by atoms with Crippen LogP contribution in [0.2, 0.25) is 0 Å². The van der Waals surface area contributed by atoms with Crippen molar-refractivity contribution < 1.29 is 42.1 Å². The maximum atomic E-state index is 15.9. The summed E-state index contributed by atoms with van der Waals surface area (Å²) in [6.07, 6.45) is 6.47. The maximum Gasteiger partial charge on any atom is 0.387 e. The van der Waals surface area contributed by atoms with Gasteiger partial charge >= 0.3 is 12.6 Å². The summed E-state index contributed by atoms with van der Waals surface area (Å²) in [5.74, 6) is -1.93. The third kappa shape index (κ3) is 7.75. The molecule has 2 saturated heterocycles. The van der Waals surface area contributed by atoms with Crippen LogP contribution in [0.25, 0.3) is 22.4 Å². The van der Waals surface area contributed by atoms with E-state index in [0.717, 1.165) is 25.7 Å². The molecule has 1 N–H and O–H groups in total. The fraction of sp³-hybridized carbons (Fsp3) is 0.485. The zero-order chi connectivity index (χ0) is 33.1. The lowest BCUT2D eigenvalue weighted by Crippen LogP contribution is -2.40. The van der Waals surface area contributed by atoms with Crippen molar-refractivity contribution in [2.75, 3.05) is 29.6 Å². The van der Waals surface area contributed by atoms with Gasteiger partial charge in [-0.3, -0.25) is 24.2 Å². The minimum Gasteiger partial charge on any atom is -0.481 e. The third-order valence-corrected chi connectivity index (χ3v) is 9.63. The van der Waals surface area contributed by atoms with Gasteiger partial charge in [0.15, 0.2) is 5.13 Å². The number of piperidine rings is 1. The second-order valence-electron chi connectivity index (χ2n) is 12.1. The van der Waals surface area contributed by atoms with E-state index in [0.29, 0.717) is 73.7 Å². The molecule has 250 valence electrons. The summed E-state index contributed by atoms with van der Waals surface area (Å²) in [4.78, 5) is 50.2. The number of carboxylic acids is 1. The number of amides is 2. The molecule has 2 amide bonds. The van der Waals surface area contributed by atoms with E-state index >= 15 is 4.39 Å². The summed E-state index contributed by atoms with van der Waals surface area (Å²) in [5, 5.41) is 8.98. The Hall–Kier alpha value is -4.04. The maximum absolute atomic E-state index is 15.9. The molecule has 1 aromatic carbocycles. The van der Waals surface area contributed by atoms with Gasteiger partial charge in [0.05, 0.1) is 6.42 Å². The molecule has 2 aromatic heterocycles. The summed E-state index contributed by atoms with van der Waals surface area (Å²) in [6, 6.07) is 7.28. The number of carboxylic acid groups (broad SMARTS) is 1. The molecule has 10 nitrogen and oxygen atoms in total. The molecule has 4 heterocycles. The summed E-state index contributed by atoms with van der Waals surface area (Å²) >= 11 is 0.653. The molecule has 3 fully saturated rings. The van der Waals surface area contributed by atoms with Crippen LogP contribution in [-0.4, -0.2) is 65.3 Å². The number of halogens is 3. The van der Waals surface area contributed by atoms with Crippen LogP contribution in [0.5, 0.6) is 5.75 Å². The van der Waals surface area contributed by atoms with Gasteiger partial charge in [0.1, 0.15) is 17.3 Å². The van der Waals surface area contributed by atoms with Gasteiger partial charge < -0.3 is 14.6 Å². The average Bonchev–Trinajstić information content (AvgIpc) is 3.81. The quantitative estimate of drug-likeness (QED) is 0.231. The van der Waals surface area contributed by atoms with E-state index < -0.39 is 29.5 Å². The van der Waals surface area contributed by atoms with E-state index in [4.69, 9.17) is 4.74 Å². The van der Waals surface area contributed by atoms with Crippen LogP contribution in [-0.2, 0) is 19.1 Å². The molecular formula is C33H35F3N4O6S. The molecule has 14 heteroatoms. The number of carbonyl (C=O) groups is 3. The van der Waals surface area contributed by atoms with Gasteiger partial charge in [0.25, 0.3) is 0 Å². The Morgan fingerprint density at radius 1 is 1.11 bits per heavy atom. The molecule has 6 rings (SSSR count). The lowest BCUT2D eigenvalue weighted by molar-refractivity contribution is -0.141. The SMILES string of the molecule is O=C(O)C[C@@H](CC1CCOCC1)C(=O)N(c1nc(-c2cc(OC(F)F)ccc2-c2ccc(N3CCCCC3=O)nc2)c(F)s1)C1CC1. The van der Waals surface area contributed by atoms with Gasteiger partial charge in [-0.15, -0.1) is 0 Å². The Balaban J connectivity index is 1.34. The van der Waals surface area contributed by atoms with E-state index in [2.05, 4.69) is 14.7 Å². The predicted molar refractivity (Wildman–Crippen MR) is 168 cm³/mol. The Kier molecular flexibility index (Phi) is 10.1. The number of hydrogen-bond acceptors (Lipinski definition) is 8. The first kappa shape index (κ1) is 32.9. The topological polar surface area (TPSA) is 122 Å². The average molecular weight is 673 g/mol. The number of carbonyl (C=O) groups excluding carboxylic acids is 2. The Labute approximate surface area is 273 Å². The molecule has 1 atom stereocenters. The molecule has 1 aliphatic carbocycles. The number of rotatable bonds is 12. The van der Waals surface area contributed by atoms with Crippen molar-refractivity contribution in [3.8, 4) is 28.1 Å². The largest absolute Gasteiger partial charge is 0.481 e. The molecule has 3 aliphatic rings. The Bertz CT molecular complexity index is 1610. The summed E-state index contributed by atoms with van der Waals surface area (Å²) in [7, 11) is 0. The van der Waals surface area contributed by atoms with Crippen LogP contribution < -0.4 is 14.5 Å². The monoisotopic (exact) mass is 672 g/mol. The normalized spacial score (nSPS) is 18.0.